The smallest absolute Gasteiger partial charge is 0.255 e. The minimum Gasteiger partial charge on any atom is -0.493 e. The van der Waals surface area contributed by atoms with E-state index in [0.717, 1.165) is 57.1 Å². The van der Waals surface area contributed by atoms with E-state index < -0.39 is 0 Å². The molecule has 23 heavy (non-hydrogen) atoms. The van der Waals surface area contributed by atoms with Crippen LogP contribution in [0.4, 0.5) is 0 Å². The zero-order valence-corrected chi connectivity index (χ0v) is 13.9. The Morgan fingerprint density at radius 1 is 1.26 bits per heavy atom. The summed E-state index contributed by atoms with van der Waals surface area (Å²) in [5.41, 5.74) is 3.55. The van der Waals surface area contributed by atoms with Crippen molar-refractivity contribution in [2.45, 2.75) is 13.0 Å². The molecule has 0 radical (unpaired) electrons. The van der Waals surface area contributed by atoms with E-state index in [1.54, 1.807) is 16.2 Å². The van der Waals surface area contributed by atoms with Crippen molar-refractivity contribution >= 4 is 17.2 Å². The summed E-state index contributed by atoms with van der Waals surface area (Å²) in [6.07, 6.45) is 1.03. The number of benzene rings is 1. The van der Waals surface area contributed by atoms with Crippen LogP contribution < -0.4 is 9.64 Å². The number of nitrogens with zero attached hydrogens (tertiary/aromatic N) is 1. The average molecular weight is 329 g/mol. The molecule has 4 rings (SSSR count). The van der Waals surface area contributed by atoms with Crippen molar-refractivity contribution in [1.29, 1.82) is 0 Å². The van der Waals surface area contributed by atoms with Gasteiger partial charge in [-0.3, -0.25) is 4.79 Å². The maximum atomic E-state index is 12.4. The SMILES string of the molecule is O=C(c1ccsc1)N1CC[NH+](Cc2ccc3c(c2)CCO3)CC1. The van der Waals surface area contributed by atoms with E-state index in [2.05, 4.69) is 18.2 Å². The van der Waals surface area contributed by atoms with Crippen molar-refractivity contribution in [2.24, 2.45) is 0 Å². The second-order valence-corrected chi connectivity index (χ2v) is 7.05. The third-order valence-electron chi connectivity index (χ3n) is 4.73. The van der Waals surface area contributed by atoms with Gasteiger partial charge in [0.05, 0.1) is 38.3 Å². The van der Waals surface area contributed by atoms with E-state index in [9.17, 15) is 4.79 Å². The maximum Gasteiger partial charge on any atom is 0.255 e. The second-order valence-electron chi connectivity index (χ2n) is 6.27. The highest BCUT2D eigenvalue weighted by atomic mass is 32.1. The Bertz CT molecular complexity index is 691. The molecule has 0 saturated carbocycles. The molecule has 0 bridgehead atoms. The predicted molar refractivity (Wildman–Crippen MR) is 90.3 cm³/mol. The van der Waals surface area contributed by atoms with Gasteiger partial charge in [0.2, 0.25) is 0 Å². The molecule has 5 heteroatoms. The van der Waals surface area contributed by atoms with Crippen LogP contribution in [0, 0.1) is 0 Å². The minimum absolute atomic E-state index is 0.181. The van der Waals surface area contributed by atoms with Crippen molar-refractivity contribution in [3.05, 3.63) is 51.7 Å². The number of nitrogens with one attached hydrogen (secondary N) is 1. The lowest BCUT2D eigenvalue weighted by Crippen LogP contribution is -3.13. The van der Waals surface area contributed by atoms with Crippen LogP contribution in [-0.4, -0.2) is 43.6 Å². The number of piperazine rings is 1. The van der Waals surface area contributed by atoms with Crippen LogP contribution in [0.1, 0.15) is 21.5 Å². The molecule has 0 atom stereocenters. The van der Waals surface area contributed by atoms with Crippen molar-refractivity contribution in [1.82, 2.24) is 4.90 Å². The van der Waals surface area contributed by atoms with Gasteiger partial charge in [-0.25, -0.2) is 0 Å². The fourth-order valence-corrected chi connectivity index (χ4v) is 4.04. The first kappa shape index (κ1) is 14.7. The molecule has 1 aromatic heterocycles. The summed E-state index contributed by atoms with van der Waals surface area (Å²) in [7, 11) is 0. The van der Waals surface area contributed by atoms with E-state index in [0.29, 0.717) is 0 Å². The molecule has 1 saturated heterocycles. The number of amides is 1. The van der Waals surface area contributed by atoms with Crippen molar-refractivity contribution in [3.8, 4) is 5.75 Å². The lowest BCUT2D eigenvalue weighted by Gasteiger charge is -2.32. The van der Waals surface area contributed by atoms with Gasteiger partial charge in [0.15, 0.2) is 0 Å². The van der Waals surface area contributed by atoms with Gasteiger partial charge in [-0.15, -0.1) is 0 Å². The molecule has 3 heterocycles. The summed E-state index contributed by atoms with van der Waals surface area (Å²) in [6.45, 7) is 5.58. The second kappa shape index (κ2) is 6.34. The molecule has 2 aliphatic heterocycles. The summed E-state index contributed by atoms with van der Waals surface area (Å²) >= 11 is 1.58. The highest BCUT2D eigenvalue weighted by molar-refractivity contribution is 7.08. The Balaban J connectivity index is 1.34. The molecule has 0 aliphatic carbocycles. The molecule has 1 fully saturated rings. The number of rotatable bonds is 3. The molecule has 0 spiro atoms. The quantitative estimate of drug-likeness (QED) is 0.919. The highest BCUT2D eigenvalue weighted by Crippen LogP contribution is 2.25. The normalized spacial score (nSPS) is 17.8. The number of ether oxygens (including phenoxy) is 1. The number of quaternary nitrogens is 1. The molecule has 2 aromatic rings. The van der Waals surface area contributed by atoms with E-state index in [-0.39, 0.29) is 5.91 Å². The summed E-state index contributed by atoms with van der Waals surface area (Å²) in [5.74, 6) is 1.23. The van der Waals surface area contributed by atoms with E-state index in [1.807, 2.05) is 21.7 Å². The van der Waals surface area contributed by atoms with Gasteiger partial charge >= 0.3 is 0 Å². The fraction of sp³-hybridized carbons (Fsp3) is 0.389. The molecular weight excluding hydrogens is 308 g/mol. The highest BCUT2D eigenvalue weighted by Gasteiger charge is 2.25. The van der Waals surface area contributed by atoms with E-state index in [1.165, 1.54) is 11.1 Å². The zero-order chi connectivity index (χ0) is 15.6. The van der Waals surface area contributed by atoms with Crippen LogP contribution >= 0.6 is 11.3 Å². The van der Waals surface area contributed by atoms with Gasteiger partial charge < -0.3 is 14.5 Å². The van der Waals surface area contributed by atoms with E-state index >= 15 is 0 Å². The fourth-order valence-electron chi connectivity index (χ4n) is 3.41. The Kier molecular flexibility index (Phi) is 4.06. The molecule has 1 aromatic carbocycles. The third-order valence-corrected chi connectivity index (χ3v) is 5.42. The molecule has 4 nitrogen and oxygen atoms in total. The largest absolute Gasteiger partial charge is 0.493 e. The molecule has 1 N–H and O–H groups in total. The lowest BCUT2D eigenvalue weighted by molar-refractivity contribution is -0.917. The van der Waals surface area contributed by atoms with Gasteiger partial charge in [0, 0.05) is 17.4 Å². The Hall–Kier alpha value is -1.85. The topological polar surface area (TPSA) is 34.0 Å². The van der Waals surface area contributed by atoms with Crippen LogP contribution in [0.25, 0.3) is 0 Å². The predicted octanol–water partition coefficient (Wildman–Crippen LogP) is 1.22. The van der Waals surface area contributed by atoms with Gasteiger partial charge in [0.25, 0.3) is 5.91 Å². The van der Waals surface area contributed by atoms with Gasteiger partial charge in [-0.05, 0) is 35.2 Å². The lowest BCUT2D eigenvalue weighted by atomic mass is 10.1. The summed E-state index contributed by atoms with van der Waals surface area (Å²) in [5, 5.41) is 3.90. The minimum atomic E-state index is 0.181. The molecule has 1 amide bonds. The van der Waals surface area contributed by atoms with Gasteiger partial charge in [-0.2, -0.15) is 11.3 Å². The van der Waals surface area contributed by atoms with Crippen LogP contribution in [0.2, 0.25) is 0 Å². The first-order valence-electron chi connectivity index (χ1n) is 8.19. The number of carbonyl (C=O) groups is 1. The standard InChI is InChI=1S/C18H20N2O2S/c21-18(16-4-10-23-13-16)20-7-5-19(6-8-20)12-14-1-2-17-15(11-14)3-9-22-17/h1-2,4,10-11,13H,3,5-9,12H2/p+1. The molecule has 2 aliphatic rings. The van der Waals surface area contributed by atoms with Crippen LogP contribution in [0.3, 0.4) is 0 Å². The molecule has 0 unspecified atom stereocenters. The first-order valence-corrected chi connectivity index (χ1v) is 9.13. The Morgan fingerprint density at radius 2 is 2.13 bits per heavy atom. The number of hydrogen-bond donors (Lipinski definition) is 1. The number of hydrogen-bond acceptors (Lipinski definition) is 3. The summed E-state index contributed by atoms with van der Waals surface area (Å²) < 4.78 is 5.57. The van der Waals surface area contributed by atoms with Crippen molar-refractivity contribution in [2.75, 3.05) is 32.8 Å². The number of carbonyl (C=O) groups excluding carboxylic acids is 1. The Morgan fingerprint density at radius 3 is 2.91 bits per heavy atom. The summed E-state index contributed by atoms with van der Waals surface area (Å²) in [4.78, 5) is 15.9. The maximum absolute atomic E-state index is 12.4. The zero-order valence-electron chi connectivity index (χ0n) is 13.1. The third kappa shape index (κ3) is 3.12. The summed E-state index contributed by atoms with van der Waals surface area (Å²) in [6, 6.07) is 8.49. The number of fused-ring (bicyclic) bond motifs is 1. The monoisotopic (exact) mass is 329 g/mol. The Labute approximate surface area is 140 Å². The van der Waals surface area contributed by atoms with Gasteiger partial charge in [0.1, 0.15) is 12.3 Å². The van der Waals surface area contributed by atoms with Crippen LogP contribution in [0.15, 0.2) is 35.0 Å². The first-order chi connectivity index (χ1) is 11.3. The van der Waals surface area contributed by atoms with Crippen LogP contribution in [0.5, 0.6) is 5.75 Å². The number of thiophene rings is 1. The van der Waals surface area contributed by atoms with Crippen molar-refractivity contribution < 1.29 is 14.4 Å². The molecular formula is C18H21N2O2S+. The van der Waals surface area contributed by atoms with E-state index in [4.69, 9.17) is 4.74 Å². The van der Waals surface area contributed by atoms with Gasteiger partial charge in [-0.1, -0.05) is 0 Å². The van der Waals surface area contributed by atoms with Crippen molar-refractivity contribution in [3.63, 3.8) is 0 Å². The van der Waals surface area contributed by atoms with Crippen LogP contribution in [-0.2, 0) is 13.0 Å². The average Bonchev–Trinajstić information content (AvgIpc) is 3.26. The molecule has 120 valence electrons.